The van der Waals surface area contributed by atoms with Crippen LogP contribution < -0.4 is 0 Å². The highest BCUT2D eigenvalue weighted by atomic mass is 16.6. The molecule has 0 fully saturated rings. The van der Waals surface area contributed by atoms with Crippen molar-refractivity contribution >= 4 is 17.9 Å². The number of unbranched alkanes of at least 4 members (excludes halogenated alkanes) is 31. The van der Waals surface area contributed by atoms with Crippen molar-refractivity contribution in [3.63, 3.8) is 0 Å². The van der Waals surface area contributed by atoms with Gasteiger partial charge in [0, 0.05) is 19.3 Å². The zero-order valence-electron chi connectivity index (χ0n) is 50.0. The predicted octanol–water partition coefficient (Wildman–Crippen LogP) is 22.0. The molecule has 0 heterocycles. The molecule has 6 nitrogen and oxygen atoms in total. The summed E-state index contributed by atoms with van der Waals surface area (Å²) >= 11 is 0. The van der Waals surface area contributed by atoms with E-state index in [1.807, 2.05) is 0 Å². The molecule has 0 bridgehead atoms. The van der Waals surface area contributed by atoms with Crippen LogP contribution in [0.4, 0.5) is 0 Å². The van der Waals surface area contributed by atoms with Gasteiger partial charge in [-0.2, -0.15) is 0 Å². The second kappa shape index (κ2) is 63.9. The van der Waals surface area contributed by atoms with Gasteiger partial charge >= 0.3 is 17.9 Å². The van der Waals surface area contributed by atoms with E-state index in [1.54, 1.807) is 0 Å². The van der Waals surface area contributed by atoms with Crippen LogP contribution in [0.3, 0.4) is 0 Å². The second-order valence-electron chi connectivity index (χ2n) is 21.3. The highest BCUT2D eigenvalue weighted by molar-refractivity contribution is 5.71. The van der Waals surface area contributed by atoms with Crippen LogP contribution >= 0.6 is 0 Å². The van der Waals surface area contributed by atoms with E-state index in [0.29, 0.717) is 19.3 Å². The maximum atomic E-state index is 12.9. The number of hydrogen-bond donors (Lipinski definition) is 0. The standard InChI is InChI=1S/C70H120O6/c1-4-7-10-13-16-19-22-25-28-30-32-33-34-35-36-37-39-40-42-45-48-51-54-57-60-63-69(72)75-66-67(65-74-68(71)62-59-56-53-50-47-44-27-24-21-18-15-12-9-6-3)76-70(73)64-61-58-55-52-49-46-43-41-38-31-29-26-23-20-17-14-11-8-5-2/h8,11,17,20,22,24-27,29-30,32,34-35,38,41,67H,4-7,9-10,12-16,18-19,21,23,28,31,33,36-37,39-40,42-66H2,1-3H3/b11-8-,20-17-,25-22-,27-24-,29-26-,32-30-,35-34-,41-38-. The normalized spacial score (nSPS) is 12.7. The van der Waals surface area contributed by atoms with Gasteiger partial charge in [0.1, 0.15) is 13.2 Å². The molecule has 0 aromatic rings. The van der Waals surface area contributed by atoms with Gasteiger partial charge in [-0.25, -0.2) is 0 Å². The Bertz CT molecular complexity index is 1490. The zero-order valence-corrected chi connectivity index (χ0v) is 50.0. The Labute approximate surface area is 470 Å². The largest absolute Gasteiger partial charge is 0.462 e. The van der Waals surface area contributed by atoms with Gasteiger partial charge in [0.15, 0.2) is 6.10 Å². The number of esters is 3. The molecule has 0 saturated carbocycles. The summed E-state index contributed by atoms with van der Waals surface area (Å²) in [6, 6.07) is 0. The third kappa shape index (κ3) is 61.2. The summed E-state index contributed by atoms with van der Waals surface area (Å²) in [4.78, 5) is 38.3. The third-order valence-electron chi connectivity index (χ3n) is 13.8. The summed E-state index contributed by atoms with van der Waals surface area (Å²) in [5, 5.41) is 0. The molecule has 76 heavy (non-hydrogen) atoms. The Balaban J connectivity index is 4.37. The maximum Gasteiger partial charge on any atom is 0.306 e. The first-order valence-corrected chi connectivity index (χ1v) is 32.2. The molecular formula is C70H120O6. The lowest BCUT2D eigenvalue weighted by atomic mass is 10.1. The van der Waals surface area contributed by atoms with E-state index in [1.165, 1.54) is 154 Å². The average molecular weight is 1060 g/mol. The monoisotopic (exact) mass is 1060 g/mol. The van der Waals surface area contributed by atoms with Crippen molar-refractivity contribution in [2.24, 2.45) is 0 Å². The first kappa shape index (κ1) is 72.3. The lowest BCUT2D eigenvalue weighted by molar-refractivity contribution is -0.167. The molecule has 0 saturated heterocycles. The molecule has 0 N–H and O–H groups in total. The lowest BCUT2D eigenvalue weighted by Gasteiger charge is -2.18. The Morgan fingerprint density at radius 2 is 0.513 bits per heavy atom. The molecule has 0 spiro atoms. The predicted molar refractivity (Wildman–Crippen MR) is 330 cm³/mol. The van der Waals surface area contributed by atoms with Crippen molar-refractivity contribution in [2.45, 2.75) is 316 Å². The van der Waals surface area contributed by atoms with Crippen molar-refractivity contribution in [2.75, 3.05) is 13.2 Å². The molecule has 0 aliphatic carbocycles. The quantitative estimate of drug-likeness (QED) is 0.0261. The fourth-order valence-corrected chi connectivity index (χ4v) is 8.97. The topological polar surface area (TPSA) is 78.9 Å². The number of carbonyl (C=O) groups excluding carboxylic acids is 3. The molecule has 0 radical (unpaired) electrons. The molecule has 0 aromatic heterocycles. The Morgan fingerprint density at radius 3 is 0.816 bits per heavy atom. The molecule has 0 amide bonds. The summed E-state index contributed by atoms with van der Waals surface area (Å²) in [7, 11) is 0. The first-order valence-electron chi connectivity index (χ1n) is 32.2. The van der Waals surface area contributed by atoms with Crippen molar-refractivity contribution in [3.8, 4) is 0 Å². The minimum Gasteiger partial charge on any atom is -0.462 e. The molecule has 436 valence electrons. The molecule has 0 aliphatic heterocycles. The van der Waals surface area contributed by atoms with Gasteiger partial charge in [-0.05, 0) is 122 Å². The molecule has 0 aliphatic rings. The molecule has 0 aromatic carbocycles. The fraction of sp³-hybridized carbons (Fsp3) is 0.729. The highest BCUT2D eigenvalue weighted by Crippen LogP contribution is 2.16. The number of allylic oxidation sites excluding steroid dienone is 16. The van der Waals surface area contributed by atoms with Gasteiger partial charge in [0.05, 0.1) is 0 Å². The van der Waals surface area contributed by atoms with E-state index >= 15 is 0 Å². The molecule has 1 unspecified atom stereocenters. The number of hydrogen-bond acceptors (Lipinski definition) is 6. The smallest absolute Gasteiger partial charge is 0.306 e. The van der Waals surface area contributed by atoms with Crippen LogP contribution in [0, 0.1) is 0 Å². The Morgan fingerprint density at radius 1 is 0.276 bits per heavy atom. The van der Waals surface area contributed by atoms with E-state index < -0.39 is 6.10 Å². The van der Waals surface area contributed by atoms with Gasteiger partial charge in [0.2, 0.25) is 0 Å². The lowest BCUT2D eigenvalue weighted by Crippen LogP contribution is -2.30. The minimum atomic E-state index is -0.792. The number of rotatable bonds is 58. The van der Waals surface area contributed by atoms with E-state index in [2.05, 4.69) is 118 Å². The molecule has 6 heteroatoms. The molecular weight excluding hydrogens is 937 g/mol. The second-order valence-corrected chi connectivity index (χ2v) is 21.3. The van der Waals surface area contributed by atoms with E-state index in [4.69, 9.17) is 14.2 Å². The van der Waals surface area contributed by atoms with Crippen LogP contribution in [0.1, 0.15) is 310 Å². The van der Waals surface area contributed by atoms with Crippen molar-refractivity contribution in [1.29, 1.82) is 0 Å². The SMILES string of the molecule is CC/C=C\C/C=C\C/C=C\C/C=C\CCCCCCCCC(=O)OC(COC(=O)CCCCCCC/C=C\CCCCCCC)COC(=O)CCCCCCCCCCCC/C=C\C/C=C\C/C=C\CCCCCCC. The van der Waals surface area contributed by atoms with Crippen molar-refractivity contribution in [3.05, 3.63) is 97.2 Å². The maximum absolute atomic E-state index is 12.9. The van der Waals surface area contributed by atoms with Crippen molar-refractivity contribution < 1.29 is 28.6 Å². The van der Waals surface area contributed by atoms with Gasteiger partial charge in [0.25, 0.3) is 0 Å². The minimum absolute atomic E-state index is 0.0878. The van der Waals surface area contributed by atoms with E-state index in [9.17, 15) is 14.4 Å². The first-order chi connectivity index (χ1) is 37.5. The van der Waals surface area contributed by atoms with E-state index in [0.717, 1.165) is 116 Å². The van der Waals surface area contributed by atoms with Crippen LogP contribution in [0.15, 0.2) is 97.2 Å². The van der Waals surface area contributed by atoms with Crippen LogP contribution in [-0.4, -0.2) is 37.2 Å². The van der Waals surface area contributed by atoms with Crippen molar-refractivity contribution in [1.82, 2.24) is 0 Å². The zero-order chi connectivity index (χ0) is 55.0. The Hall–Kier alpha value is -3.67. The fourth-order valence-electron chi connectivity index (χ4n) is 8.97. The van der Waals surface area contributed by atoms with Gasteiger partial charge < -0.3 is 14.2 Å². The molecule has 0 rings (SSSR count). The summed E-state index contributed by atoms with van der Waals surface area (Å²) in [5.41, 5.74) is 0. The average Bonchev–Trinajstić information content (AvgIpc) is 3.42. The summed E-state index contributed by atoms with van der Waals surface area (Å²) in [5.74, 6) is -0.905. The van der Waals surface area contributed by atoms with Gasteiger partial charge in [-0.1, -0.05) is 266 Å². The van der Waals surface area contributed by atoms with Crippen LogP contribution in [0.2, 0.25) is 0 Å². The highest BCUT2D eigenvalue weighted by Gasteiger charge is 2.19. The van der Waals surface area contributed by atoms with Crippen LogP contribution in [0.5, 0.6) is 0 Å². The third-order valence-corrected chi connectivity index (χ3v) is 13.8. The van der Waals surface area contributed by atoms with Crippen LogP contribution in [-0.2, 0) is 28.6 Å². The summed E-state index contributed by atoms with van der Waals surface area (Å²) < 4.78 is 16.9. The summed E-state index contributed by atoms with van der Waals surface area (Å²) in [6.45, 7) is 6.51. The van der Waals surface area contributed by atoms with Gasteiger partial charge in [-0.15, -0.1) is 0 Å². The number of ether oxygens (including phenoxy) is 3. The van der Waals surface area contributed by atoms with E-state index in [-0.39, 0.29) is 31.1 Å². The number of carbonyl (C=O) groups is 3. The van der Waals surface area contributed by atoms with Crippen LogP contribution in [0.25, 0.3) is 0 Å². The molecule has 1 atom stereocenters. The van der Waals surface area contributed by atoms with Gasteiger partial charge in [-0.3, -0.25) is 14.4 Å². The Kier molecular flexibility index (Phi) is 60.8. The summed E-state index contributed by atoms with van der Waals surface area (Å²) in [6.07, 6.45) is 85.5.